The van der Waals surface area contributed by atoms with Gasteiger partial charge in [0.2, 0.25) is 0 Å². The van der Waals surface area contributed by atoms with Gasteiger partial charge in [-0.15, -0.1) is 0 Å². The van der Waals surface area contributed by atoms with E-state index in [1.165, 1.54) is 0 Å². The second-order valence-electron chi connectivity index (χ2n) is 3.82. The molecule has 0 bridgehead atoms. The van der Waals surface area contributed by atoms with Gasteiger partial charge in [-0.05, 0) is 31.1 Å². The molecule has 0 unspecified atom stereocenters. The van der Waals surface area contributed by atoms with Crippen molar-refractivity contribution in [2.24, 2.45) is 0 Å². The van der Waals surface area contributed by atoms with Gasteiger partial charge >= 0.3 is 6.09 Å². The van der Waals surface area contributed by atoms with Crippen LogP contribution < -0.4 is 10.1 Å². The second kappa shape index (κ2) is 4.63. The van der Waals surface area contributed by atoms with Crippen molar-refractivity contribution in [2.75, 3.05) is 0 Å². The molecule has 0 atom stereocenters. The van der Waals surface area contributed by atoms with Crippen molar-refractivity contribution in [1.29, 1.82) is 0 Å². The Morgan fingerprint density at radius 3 is 3.00 bits per heavy atom. The van der Waals surface area contributed by atoms with Gasteiger partial charge in [-0.25, -0.2) is 4.79 Å². The first-order chi connectivity index (χ1) is 8.06. The van der Waals surface area contributed by atoms with Crippen molar-refractivity contribution in [3.63, 3.8) is 0 Å². The van der Waals surface area contributed by atoms with Crippen molar-refractivity contribution in [3.8, 4) is 5.88 Å². The molecule has 1 amide bonds. The number of aromatic nitrogens is 1. The zero-order valence-corrected chi connectivity index (χ0v) is 10.1. The minimum absolute atomic E-state index is 0.00453. The van der Waals surface area contributed by atoms with Gasteiger partial charge in [-0.2, -0.15) is 0 Å². The number of fused-ring (bicyclic) bond motifs is 1. The van der Waals surface area contributed by atoms with Crippen molar-refractivity contribution in [3.05, 3.63) is 23.2 Å². The number of benzene rings is 1. The van der Waals surface area contributed by atoms with E-state index >= 15 is 0 Å². The molecule has 0 aliphatic heterocycles. The zero-order valence-electron chi connectivity index (χ0n) is 9.36. The fraction of sp³-hybridized carbons (Fsp3) is 0.273. The minimum atomic E-state index is -0.565. The Bertz CT molecular complexity index is 551. The fourth-order valence-electron chi connectivity index (χ4n) is 1.31. The highest BCUT2D eigenvalue weighted by Gasteiger charge is 2.14. The highest BCUT2D eigenvalue weighted by molar-refractivity contribution is 6.31. The predicted octanol–water partition coefficient (Wildman–Crippen LogP) is 2.98. The number of nitrogens with zero attached hydrogens (tertiary/aromatic N) is 1. The minimum Gasteiger partial charge on any atom is -0.387 e. The van der Waals surface area contributed by atoms with Gasteiger partial charge in [0.15, 0.2) is 5.58 Å². The molecule has 0 saturated heterocycles. The van der Waals surface area contributed by atoms with Crippen LogP contribution >= 0.6 is 11.6 Å². The summed E-state index contributed by atoms with van der Waals surface area (Å²) >= 11 is 5.79. The smallest absolute Gasteiger partial charge is 0.387 e. The Morgan fingerprint density at radius 1 is 1.53 bits per heavy atom. The molecule has 2 rings (SSSR count). The number of ether oxygens (including phenoxy) is 1. The number of amides is 1. The number of nitrogens with one attached hydrogen (secondary N) is 1. The lowest BCUT2D eigenvalue weighted by Crippen LogP contribution is -2.32. The number of halogens is 1. The average molecular weight is 255 g/mol. The van der Waals surface area contributed by atoms with Crippen LogP contribution in [0.1, 0.15) is 13.8 Å². The molecule has 17 heavy (non-hydrogen) atoms. The Hall–Kier alpha value is -1.75. The van der Waals surface area contributed by atoms with E-state index in [0.717, 1.165) is 0 Å². The predicted molar refractivity (Wildman–Crippen MR) is 63.3 cm³/mol. The van der Waals surface area contributed by atoms with Crippen LogP contribution in [-0.2, 0) is 0 Å². The summed E-state index contributed by atoms with van der Waals surface area (Å²) in [6.07, 6.45) is -0.565. The van der Waals surface area contributed by atoms with E-state index in [-0.39, 0.29) is 11.9 Å². The van der Waals surface area contributed by atoms with E-state index in [0.29, 0.717) is 16.0 Å². The molecule has 1 aromatic carbocycles. The lowest BCUT2D eigenvalue weighted by molar-refractivity contribution is 0.194. The van der Waals surface area contributed by atoms with Crippen molar-refractivity contribution >= 4 is 28.7 Å². The molecule has 1 N–H and O–H groups in total. The molecule has 0 aliphatic carbocycles. The summed E-state index contributed by atoms with van der Waals surface area (Å²) in [4.78, 5) is 11.4. The van der Waals surface area contributed by atoms with Gasteiger partial charge < -0.3 is 14.6 Å². The number of rotatable bonds is 2. The number of hydrogen-bond acceptors (Lipinski definition) is 4. The second-order valence-corrected chi connectivity index (χ2v) is 4.25. The monoisotopic (exact) mass is 254 g/mol. The molecular weight excluding hydrogens is 244 g/mol. The molecule has 2 aromatic rings. The van der Waals surface area contributed by atoms with Gasteiger partial charge in [0.05, 0.1) is 5.39 Å². The summed E-state index contributed by atoms with van der Waals surface area (Å²) < 4.78 is 10.0. The SMILES string of the molecule is CC(C)NC(=O)Oc1noc2cc(Cl)ccc12. The van der Waals surface area contributed by atoms with E-state index in [2.05, 4.69) is 10.5 Å². The largest absolute Gasteiger partial charge is 0.414 e. The van der Waals surface area contributed by atoms with E-state index in [1.807, 2.05) is 13.8 Å². The Labute approximate surface area is 103 Å². The summed E-state index contributed by atoms with van der Waals surface area (Å²) in [7, 11) is 0. The highest BCUT2D eigenvalue weighted by Crippen LogP contribution is 2.27. The normalized spacial score (nSPS) is 10.8. The Morgan fingerprint density at radius 2 is 2.29 bits per heavy atom. The van der Waals surface area contributed by atoms with Crippen LogP contribution in [0, 0.1) is 0 Å². The first-order valence-electron chi connectivity index (χ1n) is 5.09. The third-order valence-electron chi connectivity index (χ3n) is 2.00. The van der Waals surface area contributed by atoms with Crippen molar-refractivity contribution < 1.29 is 14.1 Å². The quantitative estimate of drug-likeness (QED) is 0.895. The highest BCUT2D eigenvalue weighted by atomic mass is 35.5. The molecule has 0 aliphatic rings. The van der Waals surface area contributed by atoms with E-state index in [9.17, 15) is 4.79 Å². The number of carbonyl (C=O) groups excluding carboxylic acids is 1. The topological polar surface area (TPSA) is 64.4 Å². The van der Waals surface area contributed by atoms with Crippen molar-refractivity contribution in [1.82, 2.24) is 10.5 Å². The molecule has 6 heteroatoms. The molecule has 1 heterocycles. The lowest BCUT2D eigenvalue weighted by atomic mass is 10.3. The maximum absolute atomic E-state index is 11.4. The summed E-state index contributed by atoms with van der Waals surface area (Å²) in [5, 5.41) is 7.39. The van der Waals surface area contributed by atoms with Gasteiger partial charge in [0.1, 0.15) is 0 Å². The molecule has 1 aromatic heterocycles. The third-order valence-corrected chi connectivity index (χ3v) is 2.23. The average Bonchev–Trinajstić information content (AvgIpc) is 2.59. The molecule has 0 radical (unpaired) electrons. The van der Waals surface area contributed by atoms with E-state index < -0.39 is 6.09 Å². The van der Waals surface area contributed by atoms with Gasteiger partial charge in [-0.3, -0.25) is 0 Å². The van der Waals surface area contributed by atoms with Gasteiger partial charge in [-0.1, -0.05) is 11.6 Å². The molecule has 0 saturated carbocycles. The standard InChI is InChI=1S/C11H11ClN2O3/c1-6(2)13-11(15)16-10-8-4-3-7(12)5-9(8)17-14-10/h3-6H,1-2H3,(H,13,15). The Balaban J connectivity index is 2.22. The third kappa shape index (κ3) is 2.68. The van der Waals surface area contributed by atoms with Crippen molar-refractivity contribution in [2.45, 2.75) is 19.9 Å². The van der Waals surface area contributed by atoms with Crippen LogP contribution in [0.4, 0.5) is 4.79 Å². The van der Waals surface area contributed by atoms with Crippen LogP contribution in [-0.4, -0.2) is 17.3 Å². The summed E-state index contributed by atoms with van der Waals surface area (Å²) in [5.74, 6) is 0.134. The van der Waals surface area contributed by atoms with E-state index in [4.69, 9.17) is 20.9 Å². The van der Waals surface area contributed by atoms with Crippen LogP contribution in [0.5, 0.6) is 5.88 Å². The van der Waals surface area contributed by atoms with Gasteiger partial charge in [0, 0.05) is 17.1 Å². The first-order valence-corrected chi connectivity index (χ1v) is 5.47. The maximum atomic E-state index is 11.4. The maximum Gasteiger partial charge on any atom is 0.414 e. The molecular formula is C11H11ClN2O3. The van der Waals surface area contributed by atoms with Crippen LogP contribution in [0.2, 0.25) is 5.02 Å². The molecule has 0 fully saturated rings. The zero-order chi connectivity index (χ0) is 12.4. The Kier molecular flexibility index (Phi) is 3.19. The van der Waals surface area contributed by atoms with E-state index in [1.54, 1.807) is 18.2 Å². The fourth-order valence-corrected chi connectivity index (χ4v) is 1.48. The molecule has 5 nitrogen and oxygen atoms in total. The molecule has 0 spiro atoms. The number of hydrogen-bond donors (Lipinski definition) is 1. The number of carbonyl (C=O) groups is 1. The summed E-state index contributed by atoms with van der Waals surface area (Å²) in [6, 6.07) is 4.97. The van der Waals surface area contributed by atoms with Crippen LogP contribution in [0.25, 0.3) is 11.0 Å². The molecule has 90 valence electrons. The van der Waals surface area contributed by atoms with Gasteiger partial charge in [0.25, 0.3) is 5.88 Å². The summed E-state index contributed by atoms with van der Waals surface area (Å²) in [5.41, 5.74) is 0.477. The first kappa shape index (κ1) is 11.7. The summed E-state index contributed by atoms with van der Waals surface area (Å²) in [6.45, 7) is 3.67. The van der Waals surface area contributed by atoms with Crippen LogP contribution in [0.3, 0.4) is 0 Å². The lowest BCUT2D eigenvalue weighted by Gasteiger charge is -2.06. The van der Waals surface area contributed by atoms with Crippen LogP contribution in [0.15, 0.2) is 22.7 Å².